The van der Waals surface area contributed by atoms with Crippen LogP contribution < -0.4 is 10.6 Å². The smallest absolute Gasteiger partial charge is 0.226 e. The van der Waals surface area contributed by atoms with Crippen LogP contribution >= 0.6 is 12.2 Å². The minimum atomic E-state index is -0.0782. The summed E-state index contributed by atoms with van der Waals surface area (Å²) in [5, 5.41) is 7.17. The molecule has 3 heterocycles. The van der Waals surface area contributed by atoms with Crippen molar-refractivity contribution in [3.8, 4) is 0 Å². The summed E-state index contributed by atoms with van der Waals surface area (Å²) in [7, 11) is 0. The number of aromatic nitrogens is 2. The summed E-state index contributed by atoms with van der Waals surface area (Å²) in [6.45, 7) is 6.93. The Morgan fingerprint density at radius 2 is 1.97 bits per heavy atom. The second-order valence-corrected chi connectivity index (χ2v) is 9.00. The van der Waals surface area contributed by atoms with Crippen LogP contribution in [0.2, 0.25) is 0 Å². The minimum absolute atomic E-state index is 0.0153. The maximum absolute atomic E-state index is 12.8. The molecule has 6 nitrogen and oxygen atoms in total. The largest absolute Gasteiger partial charge is 0.352 e. The van der Waals surface area contributed by atoms with Gasteiger partial charge in [0.2, 0.25) is 5.91 Å². The first-order valence-electron chi connectivity index (χ1n) is 11.5. The maximum atomic E-state index is 12.8. The van der Waals surface area contributed by atoms with Crippen molar-refractivity contribution in [2.24, 2.45) is 0 Å². The zero-order valence-corrected chi connectivity index (χ0v) is 20.2. The summed E-state index contributed by atoms with van der Waals surface area (Å²) < 4.78 is 2.19. The molecule has 1 fully saturated rings. The summed E-state index contributed by atoms with van der Waals surface area (Å²) >= 11 is 5.72. The molecule has 0 spiro atoms. The number of nitrogens with one attached hydrogen (secondary N) is 2. The van der Waals surface area contributed by atoms with E-state index in [2.05, 4.69) is 64.3 Å². The number of nitrogens with zero attached hydrogens (tertiary/aromatic N) is 3. The van der Waals surface area contributed by atoms with E-state index in [4.69, 9.17) is 12.2 Å². The van der Waals surface area contributed by atoms with E-state index in [1.807, 2.05) is 42.5 Å². The van der Waals surface area contributed by atoms with Crippen molar-refractivity contribution in [1.29, 1.82) is 0 Å². The van der Waals surface area contributed by atoms with Gasteiger partial charge in [0, 0.05) is 43.3 Å². The van der Waals surface area contributed by atoms with Gasteiger partial charge in [0.25, 0.3) is 0 Å². The third-order valence-electron chi connectivity index (χ3n) is 6.12. The van der Waals surface area contributed by atoms with Crippen LogP contribution in [-0.2, 0) is 11.2 Å². The molecule has 2 atom stereocenters. The fourth-order valence-corrected chi connectivity index (χ4v) is 4.65. The number of thiocarbonyl (C=S) groups is 1. The molecule has 1 amide bonds. The monoisotopic (exact) mass is 461 g/mol. The topological polar surface area (TPSA) is 62.2 Å². The Kier molecular flexibility index (Phi) is 7.08. The molecule has 2 N–H and O–H groups in total. The molecule has 1 aromatic carbocycles. The lowest BCUT2D eigenvalue weighted by atomic mass is 9.99. The fraction of sp³-hybridized carbons (Fsp3) is 0.346. The fourth-order valence-electron chi connectivity index (χ4n) is 4.32. The van der Waals surface area contributed by atoms with Gasteiger partial charge in [-0.05, 0) is 67.9 Å². The van der Waals surface area contributed by atoms with Crippen LogP contribution in [0, 0.1) is 0 Å². The Hall–Kier alpha value is -3.19. The number of carbonyl (C=O) groups is 1. The predicted octanol–water partition coefficient (Wildman–Crippen LogP) is 5.03. The second kappa shape index (κ2) is 10.2. The third-order valence-corrected chi connectivity index (χ3v) is 6.48. The number of rotatable bonds is 8. The van der Waals surface area contributed by atoms with Crippen LogP contribution in [0.25, 0.3) is 0 Å². The third kappa shape index (κ3) is 5.09. The van der Waals surface area contributed by atoms with E-state index in [1.165, 1.54) is 0 Å². The number of hydrogen-bond donors (Lipinski definition) is 2. The second-order valence-electron chi connectivity index (χ2n) is 8.61. The lowest BCUT2D eigenvalue weighted by molar-refractivity contribution is -0.116. The summed E-state index contributed by atoms with van der Waals surface area (Å²) in [5.41, 5.74) is 4.10. The number of pyridine rings is 1. The first-order chi connectivity index (χ1) is 16.0. The van der Waals surface area contributed by atoms with Gasteiger partial charge < -0.3 is 20.1 Å². The minimum Gasteiger partial charge on any atom is -0.352 e. The zero-order valence-electron chi connectivity index (χ0n) is 19.4. The SMILES string of the molecule is CCc1ccccc1NC(=O)CCN1C(=S)N[C@H](c2ccccn2)[C@H]1c1ccn(C(C)C)c1. The molecular weight excluding hydrogens is 430 g/mol. The van der Waals surface area contributed by atoms with Crippen LogP contribution in [0.4, 0.5) is 5.69 Å². The Bertz CT molecular complexity index is 1110. The van der Waals surface area contributed by atoms with Crippen LogP contribution in [0.1, 0.15) is 62.1 Å². The van der Waals surface area contributed by atoms with E-state index >= 15 is 0 Å². The number of hydrogen-bond acceptors (Lipinski definition) is 3. The molecule has 33 heavy (non-hydrogen) atoms. The number of benzene rings is 1. The van der Waals surface area contributed by atoms with Gasteiger partial charge in [-0.25, -0.2) is 0 Å². The molecule has 0 aliphatic carbocycles. The molecule has 7 heteroatoms. The number of para-hydroxylation sites is 1. The Morgan fingerprint density at radius 3 is 2.67 bits per heavy atom. The molecule has 0 radical (unpaired) electrons. The first-order valence-corrected chi connectivity index (χ1v) is 11.9. The van der Waals surface area contributed by atoms with E-state index in [-0.39, 0.29) is 18.0 Å². The number of carbonyl (C=O) groups excluding carboxylic acids is 1. The average Bonchev–Trinajstić information content (AvgIpc) is 3.43. The zero-order chi connectivity index (χ0) is 23.4. The summed E-state index contributed by atoms with van der Waals surface area (Å²) in [6.07, 6.45) is 7.29. The first kappa shape index (κ1) is 23.0. The molecule has 3 aromatic rings. The molecule has 1 aliphatic rings. The molecule has 1 saturated heterocycles. The van der Waals surface area contributed by atoms with E-state index in [0.29, 0.717) is 24.1 Å². The molecule has 0 bridgehead atoms. The number of amides is 1. The van der Waals surface area contributed by atoms with Crippen molar-refractivity contribution >= 4 is 28.9 Å². The van der Waals surface area contributed by atoms with Crippen molar-refractivity contribution in [3.63, 3.8) is 0 Å². The van der Waals surface area contributed by atoms with Gasteiger partial charge in [-0.15, -0.1) is 0 Å². The van der Waals surface area contributed by atoms with E-state index in [0.717, 1.165) is 28.9 Å². The van der Waals surface area contributed by atoms with Gasteiger partial charge in [0.1, 0.15) is 0 Å². The van der Waals surface area contributed by atoms with Crippen molar-refractivity contribution in [3.05, 3.63) is 83.9 Å². The van der Waals surface area contributed by atoms with Crippen LogP contribution in [0.15, 0.2) is 67.1 Å². The standard InChI is InChI=1S/C26H31N5OS/c1-4-19-9-5-6-10-21(19)28-23(32)13-16-31-25(20-12-15-30(17-20)18(2)3)24(29-26(31)33)22-11-7-8-14-27-22/h5-12,14-15,17-18,24-25H,4,13,16H2,1-3H3,(H,28,32)(H,29,33)/t24-,25-/m1/s1. The molecule has 0 saturated carbocycles. The molecule has 0 unspecified atom stereocenters. The van der Waals surface area contributed by atoms with E-state index in [9.17, 15) is 4.79 Å². The summed E-state index contributed by atoms with van der Waals surface area (Å²) in [4.78, 5) is 19.5. The molecule has 2 aromatic heterocycles. The highest BCUT2D eigenvalue weighted by Gasteiger charge is 2.40. The van der Waals surface area contributed by atoms with Crippen molar-refractivity contribution in [1.82, 2.24) is 19.8 Å². The van der Waals surface area contributed by atoms with Crippen molar-refractivity contribution in [2.75, 3.05) is 11.9 Å². The Labute approximate surface area is 201 Å². The molecule has 1 aliphatic heterocycles. The van der Waals surface area contributed by atoms with Crippen LogP contribution in [-0.4, -0.2) is 32.0 Å². The van der Waals surface area contributed by atoms with Gasteiger partial charge in [-0.1, -0.05) is 31.2 Å². The summed E-state index contributed by atoms with van der Waals surface area (Å²) in [5.74, 6) is -0.0153. The number of anilines is 1. The van der Waals surface area contributed by atoms with Gasteiger partial charge in [0.05, 0.1) is 17.8 Å². The quantitative estimate of drug-likeness (QED) is 0.461. The van der Waals surface area contributed by atoms with Crippen molar-refractivity contribution in [2.45, 2.75) is 51.7 Å². The normalized spacial score (nSPS) is 17.9. The molecule has 172 valence electrons. The Balaban J connectivity index is 1.54. The van der Waals surface area contributed by atoms with Gasteiger partial charge in [0.15, 0.2) is 5.11 Å². The van der Waals surface area contributed by atoms with Gasteiger partial charge in [-0.2, -0.15) is 0 Å². The maximum Gasteiger partial charge on any atom is 0.226 e. The lowest BCUT2D eigenvalue weighted by Crippen LogP contribution is -2.32. The molecular formula is C26H31N5OS. The van der Waals surface area contributed by atoms with E-state index in [1.54, 1.807) is 6.20 Å². The average molecular weight is 462 g/mol. The van der Waals surface area contributed by atoms with Gasteiger partial charge in [-0.3, -0.25) is 9.78 Å². The highest BCUT2D eigenvalue weighted by Crippen LogP contribution is 2.39. The number of aryl methyl sites for hydroxylation is 1. The van der Waals surface area contributed by atoms with E-state index < -0.39 is 0 Å². The van der Waals surface area contributed by atoms with Crippen LogP contribution in [0.5, 0.6) is 0 Å². The highest BCUT2D eigenvalue weighted by molar-refractivity contribution is 7.80. The predicted molar refractivity (Wildman–Crippen MR) is 136 cm³/mol. The van der Waals surface area contributed by atoms with Crippen LogP contribution in [0.3, 0.4) is 0 Å². The molecule has 4 rings (SSSR count). The summed E-state index contributed by atoms with van der Waals surface area (Å²) in [6, 6.07) is 16.2. The Morgan fingerprint density at radius 1 is 1.18 bits per heavy atom. The van der Waals surface area contributed by atoms with Gasteiger partial charge >= 0.3 is 0 Å². The van der Waals surface area contributed by atoms with Crippen molar-refractivity contribution < 1.29 is 4.79 Å². The highest BCUT2D eigenvalue weighted by atomic mass is 32.1. The lowest BCUT2D eigenvalue weighted by Gasteiger charge is -2.27.